The fourth-order valence-electron chi connectivity index (χ4n) is 4.45. The number of carboxylic acids is 1. The van der Waals surface area contributed by atoms with E-state index in [1.54, 1.807) is 23.5 Å². The number of aliphatic carboxylic acids is 1. The molecule has 0 spiro atoms. The zero-order valence-corrected chi connectivity index (χ0v) is 15.1. The number of hydrogen-bond acceptors (Lipinski definition) is 5. The van der Waals surface area contributed by atoms with Gasteiger partial charge in [-0.25, -0.2) is 0 Å². The van der Waals surface area contributed by atoms with Gasteiger partial charge in [0.25, 0.3) is 5.69 Å². The highest BCUT2D eigenvalue weighted by molar-refractivity contribution is 7.15. The largest absolute Gasteiger partial charge is 0.481 e. The van der Waals surface area contributed by atoms with Gasteiger partial charge in [0.2, 0.25) is 0 Å². The number of fused-ring (bicyclic) bond motifs is 1. The summed E-state index contributed by atoms with van der Waals surface area (Å²) in [5.41, 5.74) is 0.513. The Balaban J connectivity index is 1.46. The molecule has 0 radical (unpaired) electrons. The van der Waals surface area contributed by atoms with Crippen LogP contribution in [0.5, 0.6) is 0 Å². The van der Waals surface area contributed by atoms with Crippen LogP contribution >= 0.6 is 11.3 Å². The number of carbonyl (C=O) groups is 1. The smallest absolute Gasteiger partial charge is 0.311 e. The van der Waals surface area contributed by atoms with Gasteiger partial charge in [-0.1, -0.05) is 6.42 Å². The van der Waals surface area contributed by atoms with Gasteiger partial charge in [0.15, 0.2) is 0 Å². The van der Waals surface area contributed by atoms with E-state index in [2.05, 4.69) is 11.0 Å². The molecule has 4 rings (SSSR count). The van der Waals surface area contributed by atoms with Gasteiger partial charge in [0.1, 0.15) is 0 Å². The topological polar surface area (TPSA) is 83.7 Å². The van der Waals surface area contributed by atoms with Gasteiger partial charge in [-0.3, -0.25) is 19.8 Å². The highest BCUT2D eigenvalue weighted by Gasteiger charge is 2.54. The molecule has 7 heteroatoms. The summed E-state index contributed by atoms with van der Waals surface area (Å²) >= 11 is 1.66. The Bertz CT molecular complexity index is 847. The number of nitrogens with zero attached hydrogens (tertiary/aromatic N) is 2. The summed E-state index contributed by atoms with van der Waals surface area (Å²) in [4.78, 5) is 26.7. The fourth-order valence-corrected chi connectivity index (χ4v) is 5.50. The summed E-state index contributed by atoms with van der Waals surface area (Å²) < 4.78 is 0. The normalized spacial score (nSPS) is 25.3. The number of carboxylic acid groups (broad SMARTS) is 1. The minimum absolute atomic E-state index is 0.0908. The predicted molar refractivity (Wildman–Crippen MR) is 99.1 cm³/mol. The molecule has 6 nitrogen and oxygen atoms in total. The zero-order valence-electron chi connectivity index (χ0n) is 14.3. The standard InChI is InChI=1S/C19H20N2O4S/c22-18(23)19-9-1-2-14(19)10-20(12-19)11-16-7-8-17(26-16)13-3-5-15(6-4-13)21(24)25/h3-8,14H,1-2,9-12H2,(H,22,23)/t14-,19+/m0/s1. The summed E-state index contributed by atoms with van der Waals surface area (Å²) in [6.45, 7) is 2.26. The van der Waals surface area contributed by atoms with Crippen LogP contribution in [0.4, 0.5) is 5.69 Å². The van der Waals surface area contributed by atoms with Gasteiger partial charge in [-0.05, 0) is 48.6 Å². The van der Waals surface area contributed by atoms with Gasteiger partial charge >= 0.3 is 5.97 Å². The summed E-state index contributed by atoms with van der Waals surface area (Å²) in [5, 5.41) is 20.5. The lowest BCUT2D eigenvalue weighted by atomic mass is 9.81. The van der Waals surface area contributed by atoms with E-state index in [1.165, 1.54) is 17.0 Å². The fraction of sp³-hybridized carbons (Fsp3) is 0.421. The van der Waals surface area contributed by atoms with Crippen molar-refractivity contribution in [3.8, 4) is 10.4 Å². The lowest BCUT2D eigenvalue weighted by molar-refractivity contribution is -0.384. The number of nitro benzene ring substituents is 1. The molecule has 1 aromatic heterocycles. The minimum Gasteiger partial charge on any atom is -0.481 e. The van der Waals surface area contributed by atoms with Crippen LogP contribution in [0.25, 0.3) is 10.4 Å². The Hall–Kier alpha value is -2.25. The molecule has 1 saturated carbocycles. The van der Waals surface area contributed by atoms with Crippen LogP contribution in [0.3, 0.4) is 0 Å². The third-order valence-electron chi connectivity index (χ3n) is 5.77. The van der Waals surface area contributed by atoms with E-state index < -0.39 is 16.3 Å². The van der Waals surface area contributed by atoms with E-state index >= 15 is 0 Å². The van der Waals surface area contributed by atoms with E-state index in [4.69, 9.17) is 0 Å². The monoisotopic (exact) mass is 372 g/mol. The Morgan fingerprint density at radius 3 is 2.73 bits per heavy atom. The first kappa shape index (κ1) is 17.2. The van der Waals surface area contributed by atoms with Crippen LogP contribution in [0, 0.1) is 21.4 Å². The Labute approximate surface area is 155 Å². The predicted octanol–water partition coefficient (Wildman–Crippen LogP) is 4.01. The summed E-state index contributed by atoms with van der Waals surface area (Å²) in [7, 11) is 0. The van der Waals surface area contributed by atoms with Crippen LogP contribution in [-0.4, -0.2) is 34.0 Å². The van der Waals surface area contributed by atoms with Gasteiger partial charge < -0.3 is 5.11 Å². The molecule has 0 bridgehead atoms. The van der Waals surface area contributed by atoms with Crippen LogP contribution in [0.1, 0.15) is 24.1 Å². The maximum atomic E-state index is 11.8. The van der Waals surface area contributed by atoms with Crippen molar-refractivity contribution in [1.29, 1.82) is 0 Å². The second kappa shape index (κ2) is 6.48. The zero-order chi connectivity index (χ0) is 18.3. The molecule has 0 amide bonds. The molecule has 1 aromatic carbocycles. The van der Waals surface area contributed by atoms with Crippen molar-refractivity contribution in [3.05, 3.63) is 51.4 Å². The highest BCUT2D eigenvalue weighted by atomic mass is 32.1. The Morgan fingerprint density at radius 2 is 2.08 bits per heavy atom. The molecule has 2 heterocycles. The maximum Gasteiger partial charge on any atom is 0.311 e. The minimum atomic E-state index is -0.639. The summed E-state index contributed by atoms with van der Waals surface area (Å²) in [6.07, 6.45) is 2.83. The van der Waals surface area contributed by atoms with Gasteiger partial charge in [0, 0.05) is 41.5 Å². The van der Waals surface area contributed by atoms with E-state index in [9.17, 15) is 20.0 Å². The summed E-state index contributed by atoms with van der Waals surface area (Å²) in [6, 6.07) is 10.7. The molecule has 1 saturated heterocycles. The van der Waals surface area contributed by atoms with Crippen molar-refractivity contribution in [2.75, 3.05) is 13.1 Å². The van der Waals surface area contributed by atoms with Gasteiger partial charge in [0.05, 0.1) is 10.3 Å². The number of nitro groups is 1. The molecule has 2 fully saturated rings. The van der Waals surface area contributed by atoms with E-state index in [1.807, 2.05) is 6.07 Å². The lowest BCUT2D eigenvalue weighted by Gasteiger charge is -2.23. The molecule has 1 aliphatic carbocycles. The number of thiophene rings is 1. The third kappa shape index (κ3) is 2.91. The van der Waals surface area contributed by atoms with Crippen LogP contribution in [-0.2, 0) is 11.3 Å². The molecule has 2 aromatic rings. The number of likely N-dealkylation sites (tertiary alicyclic amines) is 1. The highest BCUT2D eigenvalue weighted by Crippen LogP contribution is 2.49. The lowest BCUT2D eigenvalue weighted by Crippen LogP contribution is -2.35. The van der Waals surface area contributed by atoms with Gasteiger partial charge in [-0.2, -0.15) is 0 Å². The number of benzene rings is 1. The molecular weight excluding hydrogens is 352 g/mol. The molecule has 136 valence electrons. The number of rotatable bonds is 5. The quantitative estimate of drug-likeness (QED) is 0.633. The first-order valence-corrected chi connectivity index (χ1v) is 9.59. The molecule has 1 N–H and O–H groups in total. The first-order valence-electron chi connectivity index (χ1n) is 8.77. The number of hydrogen-bond donors (Lipinski definition) is 1. The van der Waals surface area contributed by atoms with Crippen molar-refractivity contribution < 1.29 is 14.8 Å². The second-order valence-electron chi connectivity index (χ2n) is 7.29. The Kier molecular flexibility index (Phi) is 4.28. The van der Waals surface area contributed by atoms with Crippen molar-refractivity contribution >= 4 is 23.0 Å². The molecule has 2 atom stereocenters. The molecular formula is C19H20N2O4S. The average Bonchev–Trinajstić information content (AvgIpc) is 3.29. The van der Waals surface area contributed by atoms with E-state index in [0.717, 1.165) is 42.8 Å². The molecule has 1 aliphatic heterocycles. The Morgan fingerprint density at radius 1 is 1.31 bits per heavy atom. The third-order valence-corrected chi connectivity index (χ3v) is 6.89. The second-order valence-corrected chi connectivity index (χ2v) is 8.46. The average molecular weight is 372 g/mol. The molecule has 0 unspecified atom stereocenters. The first-order chi connectivity index (χ1) is 12.5. The molecule has 26 heavy (non-hydrogen) atoms. The van der Waals surface area contributed by atoms with Crippen LogP contribution < -0.4 is 0 Å². The van der Waals surface area contributed by atoms with Crippen molar-refractivity contribution in [2.24, 2.45) is 11.3 Å². The van der Waals surface area contributed by atoms with Crippen molar-refractivity contribution in [2.45, 2.75) is 25.8 Å². The van der Waals surface area contributed by atoms with Crippen LogP contribution in [0.15, 0.2) is 36.4 Å². The van der Waals surface area contributed by atoms with Crippen molar-refractivity contribution in [1.82, 2.24) is 4.90 Å². The number of non-ortho nitro benzene ring substituents is 1. The summed E-state index contributed by atoms with van der Waals surface area (Å²) in [5.74, 6) is -0.366. The van der Waals surface area contributed by atoms with E-state index in [0.29, 0.717) is 6.54 Å². The van der Waals surface area contributed by atoms with Gasteiger partial charge in [-0.15, -0.1) is 11.3 Å². The van der Waals surface area contributed by atoms with Crippen molar-refractivity contribution in [3.63, 3.8) is 0 Å². The van der Waals surface area contributed by atoms with Crippen LogP contribution in [0.2, 0.25) is 0 Å². The SMILES string of the molecule is O=C(O)[C@@]12CCC[C@H]1CN(Cc1ccc(-c3ccc([N+](=O)[O-])cc3)s1)C2. The molecule has 2 aliphatic rings. The van der Waals surface area contributed by atoms with E-state index in [-0.39, 0.29) is 11.6 Å². The maximum absolute atomic E-state index is 11.8.